The van der Waals surface area contributed by atoms with Crippen molar-refractivity contribution in [3.63, 3.8) is 0 Å². The van der Waals surface area contributed by atoms with Crippen molar-refractivity contribution in [2.45, 2.75) is 38.3 Å². The van der Waals surface area contributed by atoms with Gasteiger partial charge in [0.05, 0.1) is 6.61 Å². The van der Waals surface area contributed by atoms with Crippen LogP contribution in [0.25, 0.3) is 0 Å². The average Bonchev–Trinajstić information content (AvgIpc) is 2.48. The van der Waals surface area contributed by atoms with E-state index < -0.39 is 0 Å². The first-order valence-corrected chi connectivity index (χ1v) is 8.70. The number of likely N-dealkylation sites (N-methyl/N-ethyl adjacent to an activating group) is 1. The van der Waals surface area contributed by atoms with Gasteiger partial charge in [0.1, 0.15) is 0 Å². The maximum Gasteiger partial charge on any atom is 0.0506 e. The van der Waals surface area contributed by atoms with Crippen molar-refractivity contribution in [3.05, 3.63) is 34.3 Å². The van der Waals surface area contributed by atoms with E-state index in [-0.39, 0.29) is 12.1 Å². The minimum absolute atomic E-state index is 0.147. The summed E-state index contributed by atoms with van der Waals surface area (Å²) < 4.78 is 6.72. The fraction of sp³-hybridized carbons (Fsp3) is 0.647. The fourth-order valence-corrected chi connectivity index (χ4v) is 3.63. The number of rotatable bonds is 6. The molecule has 0 amide bonds. The van der Waals surface area contributed by atoms with Gasteiger partial charge in [-0.15, -0.1) is 0 Å². The Morgan fingerprint density at radius 1 is 1.48 bits per heavy atom. The van der Waals surface area contributed by atoms with Crippen molar-refractivity contribution in [2.24, 2.45) is 11.7 Å². The van der Waals surface area contributed by atoms with E-state index in [4.69, 9.17) is 10.5 Å². The largest absolute Gasteiger partial charge is 0.381 e. The number of ether oxygens (including phenoxy) is 1. The topological polar surface area (TPSA) is 38.5 Å². The van der Waals surface area contributed by atoms with E-state index in [1.807, 2.05) is 0 Å². The number of nitrogens with zero attached hydrogens (tertiary/aromatic N) is 1. The van der Waals surface area contributed by atoms with Crippen LogP contribution >= 0.6 is 15.9 Å². The summed E-state index contributed by atoms with van der Waals surface area (Å²) in [7, 11) is 2.19. The molecule has 0 aromatic heterocycles. The Hall–Kier alpha value is -0.420. The highest BCUT2D eigenvalue weighted by molar-refractivity contribution is 9.10. The first kappa shape index (κ1) is 16.9. The highest BCUT2D eigenvalue weighted by Crippen LogP contribution is 2.28. The molecule has 0 bridgehead atoms. The molecule has 3 nitrogen and oxygen atoms in total. The zero-order valence-corrected chi connectivity index (χ0v) is 14.7. The van der Waals surface area contributed by atoms with Crippen molar-refractivity contribution in [2.75, 3.05) is 26.8 Å². The van der Waals surface area contributed by atoms with Crippen LogP contribution in [0, 0.1) is 5.92 Å². The summed E-state index contributed by atoms with van der Waals surface area (Å²) in [4.78, 5) is 2.41. The lowest BCUT2D eigenvalue weighted by Crippen LogP contribution is -2.42. The molecular formula is C17H27BrN2O. The average molecular weight is 355 g/mol. The zero-order chi connectivity index (χ0) is 15.2. The van der Waals surface area contributed by atoms with Crippen molar-refractivity contribution < 1.29 is 4.74 Å². The molecule has 2 rings (SSSR count). The van der Waals surface area contributed by atoms with E-state index in [0.717, 1.165) is 30.7 Å². The van der Waals surface area contributed by atoms with Gasteiger partial charge in [0.25, 0.3) is 0 Å². The second-order valence-electron chi connectivity index (χ2n) is 6.09. The zero-order valence-electron chi connectivity index (χ0n) is 13.1. The lowest BCUT2D eigenvalue weighted by Gasteiger charge is -2.36. The molecule has 1 aromatic rings. The summed E-state index contributed by atoms with van der Waals surface area (Å²) in [5, 5.41) is 0. The van der Waals surface area contributed by atoms with Gasteiger partial charge in [-0.1, -0.05) is 35.0 Å². The summed E-state index contributed by atoms with van der Waals surface area (Å²) in [6, 6.07) is 8.93. The summed E-state index contributed by atoms with van der Waals surface area (Å²) in [6.45, 7) is 5.01. The summed E-state index contributed by atoms with van der Waals surface area (Å²) in [5.74, 6) is 0.627. The Bertz CT molecular complexity index is 435. The van der Waals surface area contributed by atoms with Crippen LogP contribution in [-0.4, -0.2) is 37.7 Å². The Balaban J connectivity index is 2.11. The van der Waals surface area contributed by atoms with Crippen molar-refractivity contribution in [1.82, 2.24) is 4.90 Å². The van der Waals surface area contributed by atoms with Gasteiger partial charge in [0.2, 0.25) is 0 Å². The number of hydrogen-bond acceptors (Lipinski definition) is 3. The van der Waals surface area contributed by atoms with E-state index >= 15 is 0 Å². The predicted octanol–water partition coefficient (Wildman–Crippen LogP) is 3.59. The minimum Gasteiger partial charge on any atom is -0.381 e. The lowest BCUT2D eigenvalue weighted by molar-refractivity contribution is 0.0338. The predicted molar refractivity (Wildman–Crippen MR) is 91.3 cm³/mol. The molecular weight excluding hydrogens is 328 g/mol. The molecule has 1 fully saturated rings. The van der Waals surface area contributed by atoms with Crippen LogP contribution in [0.15, 0.2) is 28.7 Å². The second-order valence-corrected chi connectivity index (χ2v) is 7.01. The lowest BCUT2D eigenvalue weighted by atomic mass is 9.94. The molecule has 0 aliphatic carbocycles. The number of nitrogens with two attached hydrogens (primary N) is 1. The maximum absolute atomic E-state index is 6.42. The van der Waals surface area contributed by atoms with Crippen LogP contribution in [-0.2, 0) is 4.74 Å². The Morgan fingerprint density at radius 2 is 2.29 bits per heavy atom. The SMILES string of the molecule is CCC(N)C(c1cccc(Br)c1)N(C)CC1CCCOC1. The van der Waals surface area contributed by atoms with Gasteiger partial charge in [0, 0.05) is 29.7 Å². The monoisotopic (exact) mass is 354 g/mol. The molecule has 0 spiro atoms. The van der Waals surface area contributed by atoms with Crippen LogP contribution in [0.1, 0.15) is 37.8 Å². The summed E-state index contributed by atoms with van der Waals surface area (Å²) in [6.07, 6.45) is 3.42. The molecule has 1 aromatic carbocycles. The van der Waals surface area contributed by atoms with E-state index in [1.54, 1.807) is 0 Å². The highest BCUT2D eigenvalue weighted by atomic mass is 79.9. The van der Waals surface area contributed by atoms with Crippen LogP contribution in [0.4, 0.5) is 0 Å². The van der Waals surface area contributed by atoms with Gasteiger partial charge in [-0.05, 0) is 49.9 Å². The molecule has 3 atom stereocenters. The van der Waals surface area contributed by atoms with E-state index in [0.29, 0.717) is 5.92 Å². The third-order valence-corrected chi connectivity index (χ3v) is 4.84. The van der Waals surface area contributed by atoms with Crippen LogP contribution in [0.2, 0.25) is 0 Å². The molecule has 3 unspecified atom stereocenters. The standard InChI is InChI=1S/C17H27BrN2O/c1-3-16(19)17(14-7-4-8-15(18)10-14)20(2)11-13-6-5-9-21-12-13/h4,7-8,10,13,16-17H,3,5-6,9,11-12,19H2,1-2H3. The van der Waals surface area contributed by atoms with Crippen LogP contribution in [0.5, 0.6) is 0 Å². The quantitative estimate of drug-likeness (QED) is 0.848. The normalized spacial score (nSPS) is 22.2. The Labute approximate surface area is 137 Å². The Morgan fingerprint density at radius 3 is 2.90 bits per heavy atom. The van der Waals surface area contributed by atoms with Crippen LogP contribution < -0.4 is 5.73 Å². The molecule has 1 aliphatic rings. The van der Waals surface area contributed by atoms with Crippen LogP contribution in [0.3, 0.4) is 0 Å². The molecule has 1 heterocycles. The first-order chi connectivity index (χ1) is 10.1. The highest BCUT2D eigenvalue weighted by Gasteiger charge is 2.26. The first-order valence-electron chi connectivity index (χ1n) is 7.90. The molecule has 4 heteroatoms. The molecule has 2 N–H and O–H groups in total. The minimum atomic E-state index is 0.147. The molecule has 118 valence electrons. The molecule has 0 saturated carbocycles. The van der Waals surface area contributed by atoms with E-state index in [1.165, 1.54) is 18.4 Å². The van der Waals surface area contributed by atoms with Gasteiger partial charge >= 0.3 is 0 Å². The third-order valence-electron chi connectivity index (χ3n) is 4.34. The Kier molecular flexibility index (Phi) is 6.68. The third kappa shape index (κ3) is 4.78. The molecule has 21 heavy (non-hydrogen) atoms. The number of benzene rings is 1. The van der Waals surface area contributed by atoms with Gasteiger partial charge in [0.15, 0.2) is 0 Å². The maximum atomic E-state index is 6.42. The number of hydrogen-bond donors (Lipinski definition) is 1. The summed E-state index contributed by atoms with van der Waals surface area (Å²) in [5.41, 5.74) is 7.71. The van der Waals surface area contributed by atoms with Gasteiger partial charge in [-0.3, -0.25) is 4.90 Å². The van der Waals surface area contributed by atoms with Gasteiger partial charge < -0.3 is 10.5 Å². The van der Waals surface area contributed by atoms with Gasteiger partial charge in [-0.2, -0.15) is 0 Å². The summed E-state index contributed by atoms with van der Waals surface area (Å²) >= 11 is 3.57. The number of halogens is 1. The molecule has 0 radical (unpaired) electrons. The van der Waals surface area contributed by atoms with Crippen molar-refractivity contribution in [1.29, 1.82) is 0 Å². The van der Waals surface area contributed by atoms with E-state index in [2.05, 4.69) is 59.1 Å². The van der Waals surface area contributed by atoms with Crippen molar-refractivity contribution in [3.8, 4) is 0 Å². The smallest absolute Gasteiger partial charge is 0.0506 e. The second kappa shape index (κ2) is 8.28. The van der Waals surface area contributed by atoms with Crippen molar-refractivity contribution >= 4 is 15.9 Å². The molecule has 1 aliphatic heterocycles. The fourth-order valence-electron chi connectivity index (χ4n) is 3.21. The van der Waals surface area contributed by atoms with E-state index in [9.17, 15) is 0 Å². The van der Waals surface area contributed by atoms with Gasteiger partial charge in [-0.25, -0.2) is 0 Å². The molecule has 1 saturated heterocycles.